The Morgan fingerprint density at radius 1 is 1.31 bits per heavy atom. The minimum Gasteiger partial charge on any atom is -0.425 e. The van der Waals surface area contributed by atoms with Crippen molar-refractivity contribution in [3.05, 3.63) is 47.7 Å². The molecule has 0 bridgehead atoms. The van der Waals surface area contributed by atoms with Gasteiger partial charge >= 0.3 is 0 Å². The van der Waals surface area contributed by atoms with E-state index >= 15 is 0 Å². The molecule has 26 heavy (non-hydrogen) atoms. The summed E-state index contributed by atoms with van der Waals surface area (Å²) in [6, 6.07) is 10.1. The SMILES string of the molecule is CC(C)c1nnc(CCC(=O)N2CC[C@H](O)[C@H](Cc3ccccc3)C2)o1. The van der Waals surface area contributed by atoms with Crippen LogP contribution in [0.5, 0.6) is 0 Å². The Hall–Kier alpha value is -2.21. The van der Waals surface area contributed by atoms with E-state index in [4.69, 9.17) is 4.42 Å². The standard InChI is InChI=1S/C20H27N3O3/c1-14(2)20-22-21-18(26-20)8-9-19(25)23-11-10-17(24)16(13-23)12-15-6-4-3-5-7-15/h3-7,14,16-17,24H,8-13H2,1-2H3/t16-,17+/m1/s1. The molecular formula is C20H27N3O3. The maximum Gasteiger partial charge on any atom is 0.223 e. The van der Waals surface area contributed by atoms with E-state index in [1.165, 1.54) is 5.56 Å². The molecule has 6 nitrogen and oxygen atoms in total. The molecular weight excluding hydrogens is 330 g/mol. The van der Waals surface area contributed by atoms with E-state index in [0.717, 1.165) is 6.42 Å². The number of hydrogen-bond donors (Lipinski definition) is 1. The minimum absolute atomic E-state index is 0.0750. The van der Waals surface area contributed by atoms with Gasteiger partial charge in [-0.1, -0.05) is 44.2 Å². The van der Waals surface area contributed by atoms with Gasteiger partial charge < -0.3 is 14.4 Å². The molecule has 3 rings (SSSR count). The van der Waals surface area contributed by atoms with Crippen molar-refractivity contribution in [3.63, 3.8) is 0 Å². The van der Waals surface area contributed by atoms with Gasteiger partial charge in [0.15, 0.2) is 0 Å². The summed E-state index contributed by atoms with van der Waals surface area (Å²) in [5.41, 5.74) is 1.19. The smallest absolute Gasteiger partial charge is 0.223 e. The van der Waals surface area contributed by atoms with Crippen LogP contribution < -0.4 is 0 Å². The summed E-state index contributed by atoms with van der Waals surface area (Å²) in [5, 5.41) is 18.3. The van der Waals surface area contributed by atoms with E-state index in [2.05, 4.69) is 22.3 Å². The molecule has 1 aromatic heterocycles. The summed E-state index contributed by atoms with van der Waals surface area (Å²) in [4.78, 5) is 14.4. The van der Waals surface area contributed by atoms with Crippen LogP contribution >= 0.6 is 0 Å². The molecule has 1 aliphatic rings. The number of amides is 1. The van der Waals surface area contributed by atoms with Gasteiger partial charge in [0.05, 0.1) is 6.10 Å². The first-order valence-electron chi connectivity index (χ1n) is 9.35. The first-order chi connectivity index (χ1) is 12.5. The zero-order valence-electron chi connectivity index (χ0n) is 15.5. The first kappa shape index (κ1) is 18.6. The van der Waals surface area contributed by atoms with E-state index < -0.39 is 0 Å². The second-order valence-electron chi connectivity index (χ2n) is 7.33. The van der Waals surface area contributed by atoms with Gasteiger partial charge in [-0.15, -0.1) is 10.2 Å². The van der Waals surface area contributed by atoms with Crippen LogP contribution in [0.25, 0.3) is 0 Å². The van der Waals surface area contributed by atoms with E-state index in [-0.39, 0.29) is 23.8 Å². The Balaban J connectivity index is 1.53. The fourth-order valence-electron chi connectivity index (χ4n) is 3.34. The van der Waals surface area contributed by atoms with Crippen molar-refractivity contribution in [2.75, 3.05) is 13.1 Å². The Morgan fingerprint density at radius 2 is 2.08 bits per heavy atom. The second-order valence-corrected chi connectivity index (χ2v) is 7.33. The second kappa shape index (κ2) is 8.45. The highest BCUT2D eigenvalue weighted by Crippen LogP contribution is 2.22. The molecule has 0 radical (unpaired) electrons. The maximum absolute atomic E-state index is 12.6. The molecule has 0 aliphatic carbocycles. The summed E-state index contributed by atoms with van der Waals surface area (Å²) < 4.78 is 5.57. The van der Waals surface area contributed by atoms with Gasteiger partial charge in [-0.25, -0.2) is 0 Å². The van der Waals surface area contributed by atoms with Crippen molar-refractivity contribution < 1.29 is 14.3 Å². The molecule has 0 unspecified atom stereocenters. The number of likely N-dealkylation sites (tertiary alicyclic amines) is 1. The van der Waals surface area contributed by atoms with E-state index in [0.29, 0.717) is 44.1 Å². The Morgan fingerprint density at radius 3 is 2.77 bits per heavy atom. The number of aliphatic hydroxyl groups is 1. The van der Waals surface area contributed by atoms with Gasteiger partial charge in [0.1, 0.15) is 0 Å². The predicted molar refractivity (Wildman–Crippen MR) is 97.5 cm³/mol. The monoisotopic (exact) mass is 357 g/mol. The van der Waals surface area contributed by atoms with Crippen molar-refractivity contribution in [1.29, 1.82) is 0 Å². The summed E-state index contributed by atoms with van der Waals surface area (Å²) in [7, 11) is 0. The van der Waals surface area contributed by atoms with Crippen LogP contribution in [0.2, 0.25) is 0 Å². The molecule has 1 fully saturated rings. The number of piperidine rings is 1. The molecule has 0 saturated carbocycles. The number of aliphatic hydroxyl groups excluding tert-OH is 1. The average molecular weight is 357 g/mol. The highest BCUT2D eigenvalue weighted by molar-refractivity contribution is 5.76. The van der Waals surface area contributed by atoms with Gasteiger partial charge in [0.2, 0.25) is 17.7 Å². The quantitative estimate of drug-likeness (QED) is 0.859. The van der Waals surface area contributed by atoms with Gasteiger partial charge in [0.25, 0.3) is 0 Å². The molecule has 1 saturated heterocycles. The van der Waals surface area contributed by atoms with Crippen LogP contribution in [0.3, 0.4) is 0 Å². The number of carbonyl (C=O) groups excluding carboxylic acids is 1. The predicted octanol–water partition coefficient (Wildman–Crippen LogP) is 2.58. The summed E-state index contributed by atoms with van der Waals surface area (Å²) in [6.45, 7) is 5.19. The number of hydrogen-bond acceptors (Lipinski definition) is 5. The van der Waals surface area contributed by atoms with Crippen molar-refractivity contribution >= 4 is 5.91 Å². The molecule has 2 heterocycles. The highest BCUT2D eigenvalue weighted by atomic mass is 16.4. The van der Waals surface area contributed by atoms with E-state index in [1.807, 2.05) is 36.9 Å². The van der Waals surface area contributed by atoms with Gasteiger partial charge in [0, 0.05) is 37.8 Å². The third-order valence-corrected chi connectivity index (χ3v) is 4.92. The number of carbonyl (C=O) groups is 1. The molecule has 0 spiro atoms. The molecule has 2 aromatic rings. The molecule has 140 valence electrons. The molecule has 2 atom stereocenters. The highest BCUT2D eigenvalue weighted by Gasteiger charge is 2.30. The maximum atomic E-state index is 12.6. The Kier molecular flexibility index (Phi) is 6.04. The lowest BCUT2D eigenvalue weighted by atomic mass is 9.88. The summed E-state index contributed by atoms with van der Waals surface area (Å²) >= 11 is 0. The molecule has 6 heteroatoms. The molecule has 1 N–H and O–H groups in total. The Labute approximate surface area is 154 Å². The zero-order valence-corrected chi connectivity index (χ0v) is 15.5. The Bertz CT molecular complexity index is 714. The zero-order chi connectivity index (χ0) is 18.5. The lowest BCUT2D eigenvalue weighted by Crippen LogP contribution is -2.46. The van der Waals surface area contributed by atoms with Crippen molar-refractivity contribution in [1.82, 2.24) is 15.1 Å². The number of benzene rings is 1. The normalized spacial score (nSPS) is 20.5. The van der Waals surface area contributed by atoms with Crippen molar-refractivity contribution in [2.45, 2.75) is 51.6 Å². The van der Waals surface area contributed by atoms with E-state index in [1.54, 1.807) is 0 Å². The lowest BCUT2D eigenvalue weighted by Gasteiger charge is -2.36. The van der Waals surface area contributed by atoms with Crippen LogP contribution in [0.4, 0.5) is 0 Å². The molecule has 1 amide bonds. The topological polar surface area (TPSA) is 79.5 Å². The average Bonchev–Trinajstić information content (AvgIpc) is 3.12. The number of aryl methyl sites for hydroxylation is 1. The minimum atomic E-state index is -0.358. The third-order valence-electron chi connectivity index (χ3n) is 4.92. The number of nitrogens with zero attached hydrogens (tertiary/aromatic N) is 3. The largest absolute Gasteiger partial charge is 0.425 e. The van der Waals surface area contributed by atoms with E-state index in [9.17, 15) is 9.90 Å². The number of aromatic nitrogens is 2. The van der Waals surface area contributed by atoms with Crippen LogP contribution in [-0.2, 0) is 17.6 Å². The van der Waals surface area contributed by atoms with Gasteiger partial charge in [-0.05, 0) is 18.4 Å². The fourth-order valence-corrected chi connectivity index (χ4v) is 3.34. The van der Waals surface area contributed by atoms with Crippen LogP contribution in [0.1, 0.15) is 50.0 Å². The summed E-state index contributed by atoms with van der Waals surface area (Å²) in [6.07, 6.45) is 1.87. The van der Waals surface area contributed by atoms with Crippen LogP contribution in [0, 0.1) is 5.92 Å². The first-order valence-corrected chi connectivity index (χ1v) is 9.35. The van der Waals surface area contributed by atoms with Crippen molar-refractivity contribution in [2.24, 2.45) is 5.92 Å². The number of rotatable bonds is 6. The van der Waals surface area contributed by atoms with Crippen molar-refractivity contribution in [3.8, 4) is 0 Å². The molecule has 1 aromatic carbocycles. The van der Waals surface area contributed by atoms with Gasteiger partial charge in [-0.3, -0.25) is 4.79 Å². The van der Waals surface area contributed by atoms with Crippen LogP contribution in [-0.4, -0.2) is 45.3 Å². The third kappa shape index (κ3) is 4.69. The molecule has 1 aliphatic heterocycles. The van der Waals surface area contributed by atoms with Crippen LogP contribution in [0.15, 0.2) is 34.7 Å². The summed E-state index contributed by atoms with van der Waals surface area (Å²) in [5.74, 6) is 1.47. The fraction of sp³-hybridized carbons (Fsp3) is 0.550. The lowest BCUT2D eigenvalue weighted by molar-refractivity contribution is -0.135. The van der Waals surface area contributed by atoms with Gasteiger partial charge in [-0.2, -0.15) is 0 Å².